The summed E-state index contributed by atoms with van der Waals surface area (Å²) in [6.45, 7) is 6.08. The number of nitrogens with one attached hydrogen (secondary N) is 1. The fourth-order valence-electron chi connectivity index (χ4n) is 2.25. The summed E-state index contributed by atoms with van der Waals surface area (Å²) in [5.74, 6) is 0.782. The Hall–Kier alpha value is -2.29. The third-order valence-corrected chi connectivity index (χ3v) is 4.26. The Labute approximate surface area is 166 Å². The number of aromatic hydroxyl groups is 1. The molecule has 1 amide bonds. The lowest BCUT2D eigenvalue weighted by molar-refractivity contribution is -0.123. The van der Waals surface area contributed by atoms with Crippen LogP contribution in [0.1, 0.15) is 23.6 Å². The second-order valence-corrected chi connectivity index (χ2v) is 6.80. The van der Waals surface area contributed by atoms with E-state index in [1.165, 1.54) is 6.21 Å². The molecule has 0 saturated heterocycles. The molecule has 0 aliphatic heterocycles. The Balaban J connectivity index is 1.92. The number of hydrogen-bond acceptors (Lipinski definition) is 5. The van der Waals surface area contributed by atoms with Gasteiger partial charge in [0.1, 0.15) is 5.75 Å². The minimum Gasteiger partial charge on any atom is -0.504 e. The predicted molar refractivity (Wildman–Crippen MR) is 109 cm³/mol. The van der Waals surface area contributed by atoms with Crippen LogP contribution < -0.4 is 14.9 Å². The molecular formula is C19H21IN2O4. The van der Waals surface area contributed by atoms with Crippen LogP contribution in [0.15, 0.2) is 35.4 Å². The van der Waals surface area contributed by atoms with Crippen LogP contribution in [-0.2, 0) is 4.79 Å². The maximum atomic E-state index is 11.9. The highest BCUT2D eigenvalue weighted by molar-refractivity contribution is 14.1. The van der Waals surface area contributed by atoms with Crippen molar-refractivity contribution in [3.8, 4) is 17.2 Å². The number of hydrazone groups is 1. The second-order valence-electron chi connectivity index (χ2n) is 5.63. The van der Waals surface area contributed by atoms with Gasteiger partial charge in [-0.05, 0) is 72.7 Å². The van der Waals surface area contributed by atoms with E-state index in [4.69, 9.17) is 9.47 Å². The maximum Gasteiger partial charge on any atom is 0.277 e. The molecule has 0 radical (unpaired) electrons. The Kier molecular flexibility index (Phi) is 7.26. The highest BCUT2D eigenvalue weighted by Crippen LogP contribution is 2.32. The molecule has 0 fully saturated rings. The van der Waals surface area contributed by atoms with Crippen molar-refractivity contribution < 1.29 is 19.4 Å². The normalized spacial score (nSPS) is 10.8. The van der Waals surface area contributed by atoms with Crippen LogP contribution in [0.5, 0.6) is 17.2 Å². The fourth-order valence-corrected chi connectivity index (χ4v) is 2.87. The zero-order valence-corrected chi connectivity index (χ0v) is 17.0. The van der Waals surface area contributed by atoms with Crippen molar-refractivity contribution in [1.29, 1.82) is 0 Å². The van der Waals surface area contributed by atoms with Crippen LogP contribution in [0.2, 0.25) is 0 Å². The number of rotatable bonds is 7. The highest BCUT2D eigenvalue weighted by Gasteiger charge is 2.08. The van der Waals surface area contributed by atoms with E-state index in [2.05, 4.69) is 10.5 Å². The smallest absolute Gasteiger partial charge is 0.277 e. The first-order valence-corrected chi connectivity index (χ1v) is 9.15. The van der Waals surface area contributed by atoms with Crippen LogP contribution in [0, 0.1) is 17.4 Å². The van der Waals surface area contributed by atoms with Crippen molar-refractivity contribution in [2.45, 2.75) is 20.8 Å². The van der Waals surface area contributed by atoms with Gasteiger partial charge in [0.2, 0.25) is 0 Å². The van der Waals surface area contributed by atoms with E-state index < -0.39 is 0 Å². The highest BCUT2D eigenvalue weighted by atomic mass is 127. The topological polar surface area (TPSA) is 80.2 Å². The lowest BCUT2D eigenvalue weighted by Crippen LogP contribution is -2.24. The number of phenols is 1. The number of amides is 1. The first kappa shape index (κ1) is 20.0. The minimum absolute atomic E-state index is 0.0931. The van der Waals surface area contributed by atoms with E-state index in [1.807, 2.05) is 61.6 Å². The standard InChI is InChI=1S/C19H21IN2O4/c1-4-25-17-9-14(8-15(20)19(17)24)10-21-22-18(23)11-26-16-6-5-12(2)7-13(16)3/h5-10,24H,4,11H2,1-3H3,(H,22,23). The third-order valence-electron chi connectivity index (χ3n) is 3.44. The third kappa shape index (κ3) is 5.62. The van der Waals surface area contributed by atoms with Gasteiger partial charge in [-0.15, -0.1) is 0 Å². The summed E-state index contributed by atoms with van der Waals surface area (Å²) in [6.07, 6.45) is 1.49. The number of ether oxygens (including phenoxy) is 2. The first-order valence-electron chi connectivity index (χ1n) is 8.08. The molecule has 6 nitrogen and oxygen atoms in total. The summed E-state index contributed by atoms with van der Waals surface area (Å²) < 4.78 is 11.5. The molecule has 0 aromatic heterocycles. The Bertz CT molecular complexity index is 821. The van der Waals surface area contributed by atoms with Crippen LogP contribution >= 0.6 is 22.6 Å². The number of aryl methyl sites for hydroxylation is 2. The number of benzene rings is 2. The van der Waals surface area contributed by atoms with Crippen LogP contribution in [0.3, 0.4) is 0 Å². The molecule has 0 aliphatic rings. The zero-order valence-electron chi connectivity index (χ0n) is 14.9. The van der Waals surface area contributed by atoms with Gasteiger partial charge in [-0.3, -0.25) is 4.79 Å². The van der Waals surface area contributed by atoms with Gasteiger partial charge in [0, 0.05) is 0 Å². The average Bonchev–Trinajstić information content (AvgIpc) is 2.58. The fraction of sp³-hybridized carbons (Fsp3) is 0.263. The molecule has 0 aliphatic carbocycles. The molecule has 26 heavy (non-hydrogen) atoms. The number of nitrogens with zero attached hydrogens (tertiary/aromatic N) is 1. The quantitative estimate of drug-likeness (QED) is 0.370. The van der Waals surface area contributed by atoms with E-state index in [1.54, 1.807) is 12.1 Å². The lowest BCUT2D eigenvalue weighted by Gasteiger charge is -2.09. The van der Waals surface area contributed by atoms with Crippen LogP contribution in [0.25, 0.3) is 0 Å². The SMILES string of the molecule is CCOc1cc(C=NNC(=O)COc2ccc(C)cc2C)cc(I)c1O. The molecule has 0 heterocycles. The van der Waals surface area contributed by atoms with Gasteiger partial charge in [0.15, 0.2) is 18.1 Å². The molecule has 138 valence electrons. The van der Waals surface area contributed by atoms with Gasteiger partial charge in [0.05, 0.1) is 16.4 Å². The summed E-state index contributed by atoms with van der Waals surface area (Å²) in [6, 6.07) is 9.16. The average molecular weight is 468 g/mol. The first-order chi connectivity index (χ1) is 12.4. The number of carbonyl (C=O) groups excluding carboxylic acids is 1. The number of carbonyl (C=O) groups is 1. The van der Waals surface area contributed by atoms with Gasteiger partial charge < -0.3 is 14.6 Å². The predicted octanol–water partition coefficient (Wildman–Crippen LogP) is 3.54. The minimum atomic E-state index is -0.361. The Morgan fingerprint density at radius 3 is 2.69 bits per heavy atom. The molecule has 0 unspecified atom stereocenters. The number of hydrogen-bond donors (Lipinski definition) is 2. The van der Waals surface area contributed by atoms with Gasteiger partial charge >= 0.3 is 0 Å². The van der Waals surface area contributed by atoms with Crippen molar-refractivity contribution in [3.63, 3.8) is 0 Å². The van der Waals surface area contributed by atoms with E-state index >= 15 is 0 Å². The van der Waals surface area contributed by atoms with Crippen LogP contribution in [0.4, 0.5) is 0 Å². The summed E-state index contributed by atoms with van der Waals surface area (Å²) in [7, 11) is 0. The van der Waals surface area contributed by atoms with Gasteiger partial charge in [-0.2, -0.15) is 5.10 Å². The maximum absolute atomic E-state index is 11.9. The van der Waals surface area contributed by atoms with Gasteiger partial charge in [0.25, 0.3) is 5.91 Å². The molecule has 2 aromatic carbocycles. The number of phenolic OH excluding ortho intramolecular Hbond substituents is 1. The van der Waals surface area contributed by atoms with E-state index in [0.29, 0.717) is 27.2 Å². The summed E-state index contributed by atoms with van der Waals surface area (Å²) in [4.78, 5) is 11.9. The molecule has 7 heteroatoms. The van der Waals surface area contributed by atoms with Crippen molar-refractivity contribution in [3.05, 3.63) is 50.6 Å². The molecule has 2 N–H and O–H groups in total. The molecule has 0 saturated carbocycles. The zero-order chi connectivity index (χ0) is 19.1. The molecular weight excluding hydrogens is 447 g/mol. The van der Waals surface area contributed by atoms with Crippen LogP contribution in [-0.4, -0.2) is 30.4 Å². The van der Waals surface area contributed by atoms with E-state index in [9.17, 15) is 9.90 Å². The lowest BCUT2D eigenvalue weighted by atomic mass is 10.1. The van der Waals surface area contributed by atoms with Crippen molar-refractivity contribution in [2.75, 3.05) is 13.2 Å². The molecule has 0 spiro atoms. The van der Waals surface area contributed by atoms with E-state index in [0.717, 1.165) is 11.1 Å². The monoisotopic (exact) mass is 468 g/mol. The second kappa shape index (κ2) is 9.42. The molecule has 2 aromatic rings. The van der Waals surface area contributed by atoms with E-state index in [-0.39, 0.29) is 18.3 Å². The summed E-state index contributed by atoms with van der Waals surface area (Å²) in [5, 5.41) is 13.8. The molecule has 2 rings (SSSR count). The summed E-state index contributed by atoms with van der Waals surface area (Å²) >= 11 is 2.01. The number of halogens is 1. The Morgan fingerprint density at radius 1 is 1.23 bits per heavy atom. The molecule has 0 atom stereocenters. The Morgan fingerprint density at radius 2 is 2.00 bits per heavy atom. The van der Waals surface area contributed by atoms with Crippen molar-refractivity contribution in [2.24, 2.45) is 5.10 Å². The van der Waals surface area contributed by atoms with Gasteiger partial charge in [-0.1, -0.05) is 17.7 Å². The van der Waals surface area contributed by atoms with Gasteiger partial charge in [-0.25, -0.2) is 5.43 Å². The van der Waals surface area contributed by atoms with Crippen molar-refractivity contribution in [1.82, 2.24) is 5.43 Å². The molecule has 0 bridgehead atoms. The van der Waals surface area contributed by atoms with Crippen molar-refractivity contribution >= 4 is 34.7 Å². The summed E-state index contributed by atoms with van der Waals surface area (Å²) in [5.41, 5.74) is 5.23. The largest absolute Gasteiger partial charge is 0.504 e.